The van der Waals surface area contributed by atoms with Crippen molar-refractivity contribution >= 4 is 28.8 Å². The average Bonchev–Trinajstić information content (AvgIpc) is 2.73. The van der Waals surface area contributed by atoms with Crippen LogP contribution in [0.4, 0.5) is 0 Å². The third-order valence-electron chi connectivity index (χ3n) is 2.15. The highest BCUT2D eigenvalue weighted by Crippen LogP contribution is 2.26. The lowest BCUT2D eigenvalue weighted by Crippen LogP contribution is -2.35. The fourth-order valence-electron chi connectivity index (χ4n) is 1.23. The van der Waals surface area contributed by atoms with Crippen LogP contribution in [0.2, 0.25) is 4.34 Å². The Morgan fingerprint density at radius 2 is 2.41 bits per heavy atom. The average molecular weight is 272 g/mol. The van der Waals surface area contributed by atoms with E-state index in [1.54, 1.807) is 0 Å². The van der Waals surface area contributed by atoms with E-state index >= 15 is 0 Å². The highest BCUT2D eigenvalue weighted by Gasteiger charge is 2.09. The largest absolute Gasteiger partial charge is 0.354 e. The minimum atomic E-state index is -0.102. The van der Waals surface area contributed by atoms with Crippen molar-refractivity contribution < 1.29 is 4.79 Å². The summed E-state index contributed by atoms with van der Waals surface area (Å²) >= 11 is 7.33. The third kappa shape index (κ3) is 5.18. The number of nitriles is 1. The molecule has 1 aromatic heterocycles. The van der Waals surface area contributed by atoms with Crippen molar-refractivity contribution in [2.24, 2.45) is 0 Å². The number of hydrogen-bond donors (Lipinski definition) is 2. The molecule has 0 aliphatic heterocycles. The van der Waals surface area contributed by atoms with Crippen LogP contribution in [-0.2, 0) is 4.79 Å². The van der Waals surface area contributed by atoms with E-state index in [9.17, 15) is 4.79 Å². The number of carbonyl (C=O) groups is 1. The Morgan fingerprint density at radius 3 is 3.00 bits per heavy atom. The lowest BCUT2D eigenvalue weighted by Gasteiger charge is -2.11. The van der Waals surface area contributed by atoms with Crippen LogP contribution in [0.5, 0.6) is 0 Å². The first kappa shape index (κ1) is 14.0. The van der Waals surface area contributed by atoms with Gasteiger partial charge in [-0.1, -0.05) is 11.6 Å². The van der Waals surface area contributed by atoms with Gasteiger partial charge in [0.15, 0.2) is 0 Å². The van der Waals surface area contributed by atoms with E-state index in [4.69, 9.17) is 16.9 Å². The number of hydrogen-bond acceptors (Lipinski definition) is 4. The molecule has 4 nitrogen and oxygen atoms in total. The lowest BCUT2D eigenvalue weighted by atomic mass is 10.3. The van der Waals surface area contributed by atoms with Gasteiger partial charge >= 0.3 is 0 Å². The fraction of sp³-hybridized carbons (Fsp3) is 0.455. The number of halogens is 1. The zero-order valence-corrected chi connectivity index (χ0v) is 11.1. The summed E-state index contributed by atoms with van der Waals surface area (Å²) in [6.07, 6.45) is 0.335. The summed E-state index contributed by atoms with van der Waals surface area (Å²) < 4.78 is 0.743. The van der Waals surface area contributed by atoms with Crippen molar-refractivity contribution in [3.8, 4) is 6.07 Å². The highest BCUT2D eigenvalue weighted by molar-refractivity contribution is 7.16. The molecule has 1 aromatic rings. The van der Waals surface area contributed by atoms with Gasteiger partial charge in [-0.15, -0.1) is 11.3 Å². The molecule has 0 aliphatic rings. The number of nitrogens with one attached hydrogen (secondary N) is 2. The van der Waals surface area contributed by atoms with Crippen LogP contribution < -0.4 is 10.6 Å². The molecule has 6 heteroatoms. The molecule has 1 heterocycles. The molecule has 2 N–H and O–H groups in total. The van der Waals surface area contributed by atoms with E-state index in [-0.39, 0.29) is 18.5 Å². The van der Waals surface area contributed by atoms with E-state index in [1.165, 1.54) is 11.3 Å². The summed E-state index contributed by atoms with van der Waals surface area (Å²) in [6.45, 7) is 2.61. The number of nitrogens with zero attached hydrogens (tertiary/aromatic N) is 1. The van der Waals surface area contributed by atoms with Crippen molar-refractivity contribution in [3.63, 3.8) is 0 Å². The molecule has 0 aromatic carbocycles. The Balaban J connectivity index is 2.26. The zero-order valence-electron chi connectivity index (χ0n) is 9.50. The van der Waals surface area contributed by atoms with Crippen LogP contribution in [0.15, 0.2) is 12.1 Å². The topological polar surface area (TPSA) is 64.9 Å². The number of carbonyl (C=O) groups excluding carboxylic acids is 1. The molecule has 0 bridgehead atoms. The van der Waals surface area contributed by atoms with Crippen molar-refractivity contribution in [2.45, 2.75) is 19.4 Å². The van der Waals surface area contributed by atoms with Gasteiger partial charge in [-0.2, -0.15) is 5.26 Å². The van der Waals surface area contributed by atoms with Gasteiger partial charge in [-0.05, 0) is 19.1 Å². The maximum atomic E-state index is 11.4. The minimum Gasteiger partial charge on any atom is -0.354 e. The van der Waals surface area contributed by atoms with Gasteiger partial charge in [0.25, 0.3) is 0 Å². The van der Waals surface area contributed by atoms with E-state index in [0.29, 0.717) is 13.0 Å². The summed E-state index contributed by atoms with van der Waals surface area (Å²) in [7, 11) is 0. The van der Waals surface area contributed by atoms with Crippen LogP contribution in [0.25, 0.3) is 0 Å². The van der Waals surface area contributed by atoms with Crippen molar-refractivity contribution in [2.75, 3.05) is 13.1 Å². The molecule has 1 amide bonds. The van der Waals surface area contributed by atoms with Crippen LogP contribution in [0.1, 0.15) is 24.3 Å². The standard InChI is InChI=1S/C11H14ClN3OS/c1-8(9-3-4-10(12)17-9)15-7-11(16)14-6-2-5-13/h3-4,8,15H,2,6-7H2,1H3,(H,14,16). The van der Waals surface area contributed by atoms with E-state index < -0.39 is 0 Å². The molecule has 0 aliphatic carbocycles. The summed E-state index contributed by atoms with van der Waals surface area (Å²) in [6, 6.07) is 5.84. The second-order valence-electron chi connectivity index (χ2n) is 3.50. The summed E-state index contributed by atoms with van der Waals surface area (Å²) in [5.74, 6) is -0.102. The SMILES string of the molecule is CC(NCC(=O)NCCC#N)c1ccc(Cl)s1. The zero-order chi connectivity index (χ0) is 12.7. The predicted octanol–water partition coefficient (Wildman–Crippen LogP) is 2.08. The van der Waals surface area contributed by atoms with Crippen molar-refractivity contribution in [3.05, 3.63) is 21.3 Å². The van der Waals surface area contributed by atoms with Gasteiger partial charge in [-0.25, -0.2) is 0 Å². The first-order chi connectivity index (χ1) is 8.13. The molecule has 1 atom stereocenters. The Labute approximate surface area is 110 Å². The molecule has 0 radical (unpaired) electrons. The third-order valence-corrected chi connectivity index (χ3v) is 3.56. The summed E-state index contributed by atoms with van der Waals surface area (Å²) in [4.78, 5) is 12.5. The molecule has 17 heavy (non-hydrogen) atoms. The smallest absolute Gasteiger partial charge is 0.234 e. The number of thiophene rings is 1. The molecule has 92 valence electrons. The first-order valence-corrected chi connectivity index (χ1v) is 6.45. The van der Waals surface area contributed by atoms with E-state index in [0.717, 1.165) is 9.21 Å². The van der Waals surface area contributed by atoms with Gasteiger partial charge < -0.3 is 10.6 Å². The van der Waals surface area contributed by atoms with Crippen LogP contribution in [0.3, 0.4) is 0 Å². The second-order valence-corrected chi connectivity index (χ2v) is 5.25. The van der Waals surface area contributed by atoms with Gasteiger partial charge in [0, 0.05) is 17.5 Å². The molecule has 1 unspecified atom stereocenters. The van der Waals surface area contributed by atoms with Crippen LogP contribution in [0, 0.1) is 11.3 Å². The molecular formula is C11H14ClN3OS. The number of rotatable bonds is 6. The molecule has 0 saturated carbocycles. The van der Waals surface area contributed by atoms with Crippen LogP contribution >= 0.6 is 22.9 Å². The van der Waals surface area contributed by atoms with E-state index in [2.05, 4.69) is 10.6 Å². The van der Waals surface area contributed by atoms with E-state index in [1.807, 2.05) is 25.1 Å². The predicted molar refractivity (Wildman–Crippen MR) is 69.0 cm³/mol. The maximum absolute atomic E-state index is 11.4. The molecule has 0 fully saturated rings. The minimum absolute atomic E-state index is 0.0919. The molecular weight excluding hydrogens is 258 g/mol. The highest BCUT2D eigenvalue weighted by atomic mass is 35.5. The summed E-state index contributed by atoms with van der Waals surface area (Å²) in [5.41, 5.74) is 0. The maximum Gasteiger partial charge on any atom is 0.234 e. The van der Waals surface area contributed by atoms with Gasteiger partial charge in [0.1, 0.15) is 0 Å². The van der Waals surface area contributed by atoms with Crippen molar-refractivity contribution in [1.29, 1.82) is 5.26 Å². The Morgan fingerprint density at radius 1 is 1.65 bits per heavy atom. The van der Waals surface area contributed by atoms with Gasteiger partial charge in [0.05, 0.1) is 23.4 Å². The molecule has 0 saturated heterocycles. The second kappa shape index (κ2) is 7.28. The van der Waals surface area contributed by atoms with Gasteiger partial charge in [-0.3, -0.25) is 4.79 Å². The monoisotopic (exact) mass is 271 g/mol. The summed E-state index contributed by atoms with van der Waals surface area (Å²) in [5, 5.41) is 14.1. The Hall–Kier alpha value is -1.09. The number of amides is 1. The quantitative estimate of drug-likeness (QED) is 0.779. The first-order valence-electron chi connectivity index (χ1n) is 5.25. The van der Waals surface area contributed by atoms with Gasteiger partial charge in [0.2, 0.25) is 5.91 Å². The molecule has 1 rings (SSSR count). The normalized spacial score (nSPS) is 11.8. The fourth-order valence-corrected chi connectivity index (χ4v) is 2.32. The Kier molecular flexibility index (Phi) is 5.98. The molecule has 0 spiro atoms. The Bertz CT molecular complexity index is 413. The van der Waals surface area contributed by atoms with Crippen LogP contribution in [-0.4, -0.2) is 19.0 Å². The van der Waals surface area contributed by atoms with Crippen molar-refractivity contribution in [1.82, 2.24) is 10.6 Å². The lowest BCUT2D eigenvalue weighted by molar-refractivity contribution is -0.120.